The topological polar surface area (TPSA) is 93.7 Å². The predicted octanol–water partition coefficient (Wildman–Crippen LogP) is 2.89. The molecule has 0 aliphatic carbocycles. The van der Waals surface area contributed by atoms with E-state index in [1.807, 2.05) is 0 Å². The van der Waals surface area contributed by atoms with Crippen LogP contribution in [-0.4, -0.2) is 47.2 Å². The lowest BCUT2D eigenvalue weighted by molar-refractivity contribution is -0.119. The summed E-state index contributed by atoms with van der Waals surface area (Å²) in [6.45, 7) is 1.10. The first-order valence-electron chi connectivity index (χ1n) is 9.21. The van der Waals surface area contributed by atoms with Crippen molar-refractivity contribution in [2.45, 2.75) is 28.7 Å². The van der Waals surface area contributed by atoms with Crippen molar-refractivity contribution in [1.29, 1.82) is 0 Å². The van der Waals surface area contributed by atoms with Crippen LogP contribution in [0.3, 0.4) is 0 Å². The van der Waals surface area contributed by atoms with Crippen LogP contribution >= 0.6 is 11.6 Å². The van der Waals surface area contributed by atoms with Gasteiger partial charge in [0.1, 0.15) is 4.90 Å². The monoisotopic (exact) mass is 438 g/mol. The first kappa shape index (κ1) is 21.4. The number of halogens is 1. The first-order valence-corrected chi connectivity index (χ1v) is 11.1. The highest BCUT2D eigenvalue weighted by atomic mass is 35.5. The number of carbonyl (C=O) groups is 1. The minimum absolute atomic E-state index is 0.0438. The summed E-state index contributed by atoms with van der Waals surface area (Å²) in [7, 11) is -2.48. The van der Waals surface area contributed by atoms with Gasteiger partial charge in [0.25, 0.3) is 0 Å². The molecule has 7 nitrogen and oxygen atoms in total. The van der Waals surface area contributed by atoms with E-state index in [1.165, 1.54) is 31.4 Å². The molecule has 1 amide bonds. The summed E-state index contributed by atoms with van der Waals surface area (Å²) in [6.07, 6.45) is 1.97. The van der Waals surface area contributed by atoms with Gasteiger partial charge in [-0.05, 0) is 37.1 Å². The number of sulfone groups is 1. The fraction of sp³-hybridized carbons (Fsp3) is 0.350. The molecule has 156 valence electrons. The van der Waals surface area contributed by atoms with E-state index in [-0.39, 0.29) is 39.1 Å². The van der Waals surface area contributed by atoms with Crippen molar-refractivity contribution in [2.24, 2.45) is 0 Å². The van der Waals surface area contributed by atoms with Gasteiger partial charge in [-0.25, -0.2) is 8.42 Å². The normalized spacial score (nSPS) is 16.4. The second-order valence-electron chi connectivity index (χ2n) is 6.59. The predicted molar refractivity (Wildman–Crippen MR) is 110 cm³/mol. The Morgan fingerprint density at radius 1 is 1.28 bits per heavy atom. The lowest BCUT2D eigenvalue weighted by Crippen LogP contribution is -2.35. The molecule has 1 heterocycles. The molecule has 1 fully saturated rings. The minimum atomic E-state index is -3.85. The number of amides is 1. The zero-order chi connectivity index (χ0) is 20.9. The van der Waals surface area contributed by atoms with Crippen LogP contribution in [0, 0.1) is 0 Å². The lowest BCUT2D eigenvalue weighted by Gasteiger charge is -2.16. The van der Waals surface area contributed by atoms with Gasteiger partial charge in [0.2, 0.25) is 15.7 Å². The molecular formula is C20H23ClN2O5S. The third-order valence-corrected chi connectivity index (χ3v) is 6.55. The third-order valence-electron chi connectivity index (χ3n) is 4.56. The van der Waals surface area contributed by atoms with Crippen LogP contribution < -0.4 is 15.4 Å². The second kappa shape index (κ2) is 9.47. The van der Waals surface area contributed by atoms with Crippen molar-refractivity contribution < 1.29 is 22.7 Å². The van der Waals surface area contributed by atoms with Gasteiger partial charge in [-0.1, -0.05) is 29.8 Å². The Bertz CT molecular complexity index is 960. The van der Waals surface area contributed by atoms with E-state index in [0.717, 1.165) is 19.4 Å². The maximum Gasteiger partial charge on any atom is 0.239 e. The van der Waals surface area contributed by atoms with Crippen molar-refractivity contribution in [1.82, 2.24) is 5.32 Å². The third kappa shape index (κ3) is 5.20. The molecule has 1 atom stereocenters. The zero-order valence-electron chi connectivity index (χ0n) is 16.0. The Hall–Kier alpha value is -2.29. The van der Waals surface area contributed by atoms with Crippen molar-refractivity contribution in [3.63, 3.8) is 0 Å². The van der Waals surface area contributed by atoms with Crippen LogP contribution in [-0.2, 0) is 19.4 Å². The SMILES string of the molecule is COc1c(NCC(=O)NCC2CCCO2)cc(Cl)cc1S(=O)(=O)c1ccccc1. The number of hydrogen-bond acceptors (Lipinski definition) is 6. The maximum atomic E-state index is 13.0. The highest BCUT2D eigenvalue weighted by Gasteiger charge is 2.25. The highest BCUT2D eigenvalue weighted by molar-refractivity contribution is 7.91. The fourth-order valence-electron chi connectivity index (χ4n) is 3.11. The molecule has 29 heavy (non-hydrogen) atoms. The lowest BCUT2D eigenvalue weighted by atomic mass is 10.2. The Morgan fingerprint density at radius 3 is 2.69 bits per heavy atom. The van der Waals surface area contributed by atoms with Gasteiger partial charge in [0.05, 0.1) is 30.3 Å². The number of methoxy groups -OCH3 is 1. The summed E-state index contributed by atoms with van der Waals surface area (Å²) in [5.74, 6) is -0.139. The Balaban J connectivity index is 1.78. The van der Waals surface area contributed by atoms with Gasteiger partial charge in [-0.15, -0.1) is 0 Å². The minimum Gasteiger partial charge on any atom is -0.493 e. The summed E-state index contributed by atoms with van der Waals surface area (Å²) < 4.78 is 36.9. The highest BCUT2D eigenvalue weighted by Crippen LogP contribution is 2.38. The number of anilines is 1. The number of ether oxygens (including phenoxy) is 2. The van der Waals surface area contributed by atoms with E-state index < -0.39 is 9.84 Å². The van der Waals surface area contributed by atoms with Gasteiger partial charge < -0.3 is 20.1 Å². The summed E-state index contributed by atoms with van der Waals surface area (Å²) in [5.41, 5.74) is 0.321. The van der Waals surface area contributed by atoms with E-state index >= 15 is 0 Å². The summed E-state index contributed by atoms with van der Waals surface area (Å²) in [4.78, 5) is 12.2. The van der Waals surface area contributed by atoms with Crippen molar-refractivity contribution in [2.75, 3.05) is 32.1 Å². The summed E-state index contributed by atoms with van der Waals surface area (Å²) in [5, 5.41) is 5.93. The standard InChI is InChI=1S/C20H23ClN2O5S/c1-27-20-17(22-13-19(24)23-12-15-6-5-9-28-15)10-14(21)11-18(20)29(25,26)16-7-3-2-4-8-16/h2-4,7-8,10-11,15,22H,5-6,9,12-13H2,1H3,(H,23,24). The van der Waals surface area contributed by atoms with Gasteiger partial charge >= 0.3 is 0 Å². The average molecular weight is 439 g/mol. The average Bonchev–Trinajstić information content (AvgIpc) is 3.24. The van der Waals surface area contributed by atoms with E-state index in [4.69, 9.17) is 21.1 Å². The molecule has 1 aliphatic heterocycles. The van der Waals surface area contributed by atoms with Crippen LogP contribution in [0.25, 0.3) is 0 Å². The molecule has 1 unspecified atom stereocenters. The molecule has 0 radical (unpaired) electrons. The molecule has 0 bridgehead atoms. The van der Waals surface area contributed by atoms with Gasteiger partial charge in [-0.2, -0.15) is 0 Å². The van der Waals surface area contributed by atoms with Crippen LogP contribution in [0.2, 0.25) is 5.02 Å². The molecule has 1 aliphatic rings. The van der Waals surface area contributed by atoms with Crippen LogP contribution in [0.1, 0.15) is 12.8 Å². The fourth-order valence-corrected chi connectivity index (χ4v) is 4.88. The van der Waals surface area contributed by atoms with Crippen molar-refractivity contribution in [3.05, 3.63) is 47.5 Å². The maximum absolute atomic E-state index is 13.0. The number of nitrogens with one attached hydrogen (secondary N) is 2. The Kier molecular flexibility index (Phi) is 7.00. The number of rotatable bonds is 8. The van der Waals surface area contributed by atoms with Gasteiger partial charge in [0.15, 0.2) is 5.75 Å². The van der Waals surface area contributed by atoms with Crippen molar-refractivity contribution in [3.8, 4) is 5.75 Å². The largest absolute Gasteiger partial charge is 0.493 e. The van der Waals surface area contributed by atoms with Crippen LogP contribution in [0.5, 0.6) is 5.75 Å². The van der Waals surface area contributed by atoms with E-state index in [1.54, 1.807) is 18.2 Å². The smallest absolute Gasteiger partial charge is 0.239 e. The molecule has 2 aromatic carbocycles. The molecule has 3 rings (SSSR count). The Morgan fingerprint density at radius 2 is 2.03 bits per heavy atom. The van der Waals surface area contributed by atoms with Crippen LogP contribution in [0.4, 0.5) is 5.69 Å². The summed E-state index contributed by atoms with van der Waals surface area (Å²) in [6, 6.07) is 10.9. The van der Waals surface area contributed by atoms with E-state index in [2.05, 4.69) is 10.6 Å². The van der Waals surface area contributed by atoms with E-state index in [0.29, 0.717) is 12.2 Å². The molecule has 2 N–H and O–H groups in total. The zero-order valence-corrected chi connectivity index (χ0v) is 17.6. The quantitative estimate of drug-likeness (QED) is 0.658. The molecule has 0 spiro atoms. The molecule has 1 saturated heterocycles. The first-order chi connectivity index (χ1) is 13.9. The van der Waals surface area contributed by atoms with Gasteiger partial charge in [-0.3, -0.25) is 4.79 Å². The molecular weight excluding hydrogens is 416 g/mol. The summed E-state index contributed by atoms with van der Waals surface area (Å²) >= 11 is 6.16. The number of benzene rings is 2. The van der Waals surface area contributed by atoms with Gasteiger partial charge in [0, 0.05) is 18.2 Å². The molecule has 0 saturated carbocycles. The molecule has 2 aromatic rings. The second-order valence-corrected chi connectivity index (χ2v) is 8.95. The Labute approximate surface area is 175 Å². The van der Waals surface area contributed by atoms with E-state index in [9.17, 15) is 13.2 Å². The van der Waals surface area contributed by atoms with Crippen LogP contribution in [0.15, 0.2) is 52.3 Å². The number of hydrogen-bond donors (Lipinski definition) is 2. The molecule has 9 heteroatoms. The number of carbonyl (C=O) groups excluding carboxylic acids is 1. The van der Waals surface area contributed by atoms with Crippen molar-refractivity contribution >= 4 is 33.0 Å². The molecule has 0 aromatic heterocycles.